The van der Waals surface area contributed by atoms with E-state index in [0.29, 0.717) is 24.4 Å². The maximum Gasteiger partial charge on any atom is 0.151 e. The zero-order valence-corrected chi connectivity index (χ0v) is 18.8. The number of aromatic nitrogens is 2. The molecule has 5 rings (SSSR count). The van der Waals surface area contributed by atoms with E-state index in [2.05, 4.69) is 51.5 Å². The van der Waals surface area contributed by atoms with Gasteiger partial charge in [-0.25, -0.2) is 14.4 Å². The van der Waals surface area contributed by atoms with Gasteiger partial charge in [-0.2, -0.15) is 0 Å². The number of hydrogen-bond donors (Lipinski definition) is 0. The highest BCUT2D eigenvalue weighted by Gasteiger charge is 2.57. The zero-order valence-electron chi connectivity index (χ0n) is 18.0. The third-order valence-corrected chi connectivity index (χ3v) is 8.33. The summed E-state index contributed by atoms with van der Waals surface area (Å²) in [7, 11) is 2.01. The topological polar surface area (TPSA) is 35.5 Å². The van der Waals surface area contributed by atoms with E-state index in [4.69, 9.17) is 0 Å². The van der Waals surface area contributed by atoms with Gasteiger partial charge in [-0.1, -0.05) is 20.8 Å². The number of hydrogen-bond acceptors (Lipinski definition) is 6. The molecule has 0 amide bonds. The Bertz CT molecular complexity index is 900. The first-order chi connectivity index (χ1) is 13.8. The summed E-state index contributed by atoms with van der Waals surface area (Å²) < 4.78 is 15.5. The van der Waals surface area contributed by atoms with Crippen LogP contribution in [-0.4, -0.2) is 77.8 Å². The largest absolute Gasteiger partial charge is 0.355 e. The fourth-order valence-electron chi connectivity index (χ4n) is 6.09. The van der Waals surface area contributed by atoms with Gasteiger partial charge >= 0.3 is 0 Å². The Morgan fingerprint density at radius 3 is 2.59 bits per heavy atom. The van der Waals surface area contributed by atoms with E-state index < -0.39 is 5.67 Å². The third kappa shape index (κ3) is 3.17. The lowest BCUT2D eigenvalue weighted by atomic mass is 9.73. The van der Waals surface area contributed by atoms with Gasteiger partial charge in [0.25, 0.3) is 0 Å². The molecule has 0 radical (unpaired) electrons. The molecule has 0 saturated carbocycles. The Morgan fingerprint density at radius 1 is 1.17 bits per heavy atom. The number of rotatable bonds is 5. The normalized spacial score (nSPS) is 25.0. The minimum Gasteiger partial charge on any atom is -0.355 e. The second-order valence-corrected chi connectivity index (χ2v) is 11.1. The summed E-state index contributed by atoms with van der Waals surface area (Å²) in [5.41, 5.74) is -0.755. The molecule has 1 atom stereocenters. The van der Waals surface area contributed by atoms with Gasteiger partial charge in [-0.3, -0.25) is 9.80 Å². The Balaban J connectivity index is 1.30. The van der Waals surface area contributed by atoms with Gasteiger partial charge < -0.3 is 4.90 Å². The number of anilines is 1. The lowest BCUT2D eigenvalue weighted by Gasteiger charge is -2.59. The molecule has 3 fully saturated rings. The second kappa shape index (κ2) is 6.86. The second-order valence-electron chi connectivity index (χ2n) is 9.95. The van der Waals surface area contributed by atoms with Crippen molar-refractivity contribution in [3.63, 3.8) is 0 Å². The number of nitrogens with zero attached hydrogens (tertiary/aromatic N) is 5. The van der Waals surface area contributed by atoms with Crippen molar-refractivity contribution < 1.29 is 4.39 Å². The molecular formula is C22H32FN5S. The third-order valence-electron chi connectivity index (χ3n) is 7.14. The molecule has 3 aliphatic heterocycles. The molecule has 5 nitrogen and oxygen atoms in total. The van der Waals surface area contributed by atoms with E-state index in [-0.39, 0.29) is 6.04 Å². The van der Waals surface area contributed by atoms with Crippen molar-refractivity contribution >= 4 is 27.4 Å². The monoisotopic (exact) mass is 417 g/mol. The van der Waals surface area contributed by atoms with E-state index >= 15 is 4.39 Å². The predicted octanol–water partition coefficient (Wildman–Crippen LogP) is 3.44. The quantitative estimate of drug-likeness (QED) is 0.745. The number of aryl methyl sites for hydroxylation is 1. The number of fused-ring (bicyclic) bond motifs is 1. The van der Waals surface area contributed by atoms with Gasteiger partial charge in [-0.05, 0) is 31.9 Å². The molecule has 3 aliphatic rings. The Hall–Kier alpha value is -1.31. The SMILES string of the molecule is CCc1cc2c(N3CCC4(C3)CN([C@H](C(C)C)C3(F)CN(C)C3)C4)ncnc2s1. The van der Waals surface area contributed by atoms with Crippen molar-refractivity contribution in [3.05, 3.63) is 17.3 Å². The van der Waals surface area contributed by atoms with Crippen LogP contribution in [0, 0.1) is 11.3 Å². The summed E-state index contributed by atoms with van der Waals surface area (Å²) in [6.45, 7) is 11.8. The Morgan fingerprint density at radius 2 is 1.93 bits per heavy atom. The first kappa shape index (κ1) is 19.6. The lowest BCUT2D eigenvalue weighted by Crippen LogP contribution is -2.73. The van der Waals surface area contributed by atoms with Gasteiger partial charge in [0.15, 0.2) is 5.67 Å². The van der Waals surface area contributed by atoms with E-state index in [0.717, 1.165) is 43.2 Å². The van der Waals surface area contributed by atoms with Gasteiger partial charge in [0.1, 0.15) is 17.0 Å². The number of thiophene rings is 1. The molecule has 0 N–H and O–H groups in total. The summed E-state index contributed by atoms with van der Waals surface area (Å²) in [6, 6.07) is 2.30. The van der Waals surface area contributed by atoms with Crippen LogP contribution in [0.25, 0.3) is 10.2 Å². The lowest BCUT2D eigenvalue weighted by molar-refractivity contribution is -0.140. The average molecular weight is 418 g/mol. The minimum absolute atomic E-state index is 0.0353. The van der Waals surface area contributed by atoms with Gasteiger partial charge in [0, 0.05) is 55.6 Å². The molecule has 1 spiro atoms. The maximum absolute atomic E-state index is 15.5. The number of likely N-dealkylation sites (tertiary alicyclic amines) is 2. The molecule has 2 aromatic rings. The molecular weight excluding hydrogens is 385 g/mol. The molecule has 5 heterocycles. The average Bonchev–Trinajstić information content (AvgIpc) is 3.23. The molecule has 0 aliphatic carbocycles. The predicted molar refractivity (Wildman–Crippen MR) is 118 cm³/mol. The Labute approximate surface area is 176 Å². The molecule has 3 saturated heterocycles. The van der Waals surface area contributed by atoms with Crippen molar-refractivity contribution in [3.8, 4) is 0 Å². The first-order valence-electron chi connectivity index (χ1n) is 10.9. The molecule has 29 heavy (non-hydrogen) atoms. The van der Waals surface area contributed by atoms with Gasteiger partial charge in [0.05, 0.1) is 5.39 Å². The van der Waals surface area contributed by atoms with Crippen molar-refractivity contribution in [2.75, 3.05) is 51.2 Å². The standard InChI is InChI=1S/C22H32FN5S/c1-5-16-8-17-19(24-14-25-20(17)29-16)27-7-6-21(9-27)10-28(11-21)18(15(2)3)22(23)12-26(4)13-22/h8,14-15,18H,5-7,9-13H2,1-4H3/t18-/m1/s1. The van der Waals surface area contributed by atoms with Crippen LogP contribution in [0.2, 0.25) is 0 Å². The molecule has 0 unspecified atom stereocenters. The summed E-state index contributed by atoms with van der Waals surface area (Å²) in [5.74, 6) is 1.42. The van der Waals surface area contributed by atoms with E-state index in [1.807, 2.05) is 7.05 Å². The van der Waals surface area contributed by atoms with Crippen LogP contribution in [0.3, 0.4) is 0 Å². The maximum atomic E-state index is 15.5. The fraction of sp³-hybridized carbons (Fsp3) is 0.727. The highest BCUT2D eigenvalue weighted by atomic mass is 32.1. The minimum atomic E-state index is -1.05. The molecule has 0 aromatic carbocycles. The van der Waals surface area contributed by atoms with Crippen LogP contribution in [-0.2, 0) is 6.42 Å². The first-order valence-corrected chi connectivity index (χ1v) is 11.7. The summed E-state index contributed by atoms with van der Waals surface area (Å²) in [4.78, 5) is 18.6. The molecule has 0 bridgehead atoms. The highest BCUT2D eigenvalue weighted by molar-refractivity contribution is 7.18. The van der Waals surface area contributed by atoms with Gasteiger partial charge in [-0.15, -0.1) is 11.3 Å². The van der Waals surface area contributed by atoms with Crippen molar-refractivity contribution in [1.29, 1.82) is 0 Å². The van der Waals surface area contributed by atoms with Crippen LogP contribution in [0.15, 0.2) is 12.4 Å². The molecule has 158 valence electrons. The zero-order chi connectivity index (χ0) is 20.4. The number of halogens is 1. The van der Waals surface area contributed by atoms with Crippen LogP contribution in [0.1, 0.15) is 32.1 Å². The summed E-state index contributed by atoms with van der Waals surface area (Å²) in [6.07, 6.45) is 3.92. The Kier molecular flexibility index (Phi) is 4.64. The molecule has 2 aromatic heterocycles. The summed E-state index contributed by atoms with van der Waals surface area (Å²) in [5, 5.41) is 1.20. The van der Waals surface area contributed by atoms with Crippen LogP contribution >= 0.6 is 11.3 Å². The van der Waals surface area contributed by atoms with E-state index in [1.165, 1.54) is 16.7 Å². The number of alkyl halides is 1. The van der Waals surface area contributed by atoms with Gasteiger partial charge in [0.2, 0.25) is 0 Å². The summed E-state index contributed by atoms with van der Waals surface area (Å²) >= 11 is 1.78. The van der Waals surface area contributed by atoms with Crippen LogP contribution < -0.4 is 4.90 Å². The fourth-order valence-corrected chi connectivity index (χ4v) is 7.02. The van der Waals surface area contributed by atoms with Crippen LogP contribution in [0.5, 0.6) is 0 Å². The van der Waals surface area contributed by atoms with Crippen LogP contribution in [0.4, 0.5) is 10.2 Å². The van der Waals surface area contributed by atoms with E-state index in [1.54, 1.807) is 17.7 Å². The highest BCUT2D eigenvalue weighted by Crippen LogP contribution is 2.47. The van der Waals surface area contributed by atoms with Crippen molar-refractivity contribution in [2.24, 2.45) is 11.3 Å². The van der Waals surface area contributed by atoms with Crippen molar-refractivity contribution in [1.82, 2.24) is 19.8 Å². The smallest absolute Gasteiger partial charge is 0.151 e. The van der Waals surface area contributed by atoms with E-state index in [9.17, 15) is 0 Å². The molecule has 7 heteroatoms. The van der Waals surface area contributed by atoms with Crippen molar-refractivity contribution in [2.45, 2.75) is 45.3 Å².